The normalized spacial score (nSPS) is 12.3. The highest BCUT2D eigenvalue weighted by Gasteiger charge is 2.13. The van der Waals surface area contributed by atoms with E-state index in [9.17, 15) is 0 Å². The van der Waals surface area contributed by atoms with E-state index in [1.807, 2.05) is 0 Å². The minimum Gasteiger partial charge on any atom is -0.313 e. The van der Waals surface area contributed by atoms with Crippen LogP contribution in [0.4, 0.5) is 0 Å². The highest BCUT2D eigenvalue weighted by molar-refractivity contribution is 4.85. The van der Waals surface area contributed by atoms with Crippen LogP contribution in [0, 0.1) is 0 Å². The summed E-state index contributed by atoms with van der Waals surface area (Å²) < 4.78 is 0. The smallest absolute Gasteiger partial charge is 0.0636 e. The van der Waals surface area contributed by atoms with Gasteiger partial charge >= 0.3 is 0 Å². The van der Waals surface area contributed by atoms with Gasteiger partial charge in [0.15, 0.2) is 0 Å². The summed E-state index contributed by atoms with van der Waals surface area (Å²) in [5.41, 5.74) is 11.4. The van der Waals surface area contributed by atoms with E-state index in [0.29, 0.717) is 0 Å². The van der Waals surface area contributed by atoms with Gasteiger partial charge in [0.1, 0.15) is 0 Å². The van der Waals surface area contributed by atoms with Crippen molar-refractivity contribution >= 4 is 0 Å². The fourth-order valence-electron chi connectivity index (χ4n) is 2.87. The van der Waals surface area contributed by atoms with E-state index in [0.717, 1.165) is 19.3 Å². The molecule has 23 heavy (non-hydrogen) atoms. The van der Waals surface area contributed by atoms with Gasteiger partial charge in [0.25, 0.3) is 0 Å². The van der Waals surface area contributed by atoms with E-state index < -0.39 is 5.66 Å². The Bertz CT molecular complexity index is 259. The van der Waals surface area contributed by atoms with Crippen molar-refractivity contribution in [1.82, 2.24) is 0 Å². The Morgan fingerprint density at radius 2 is 1.04 bits per heavy atom. The third-order valence-electron chi connectivity index (χ3n) is 4.83. The van der Waals surface area contributed by atoms with Crippen LogP contribution in [0.3, 0.4) is 0 Å². The molecule has 0 heterocycles. The van der Waals surface area contributed by atoms with E-state index in [1.165, 1.54) is 83.5 Å². The molecule has 2 heteroatoms. The maximum Gasteiger partial charge on any atom is 0.0636 e. The zero-order valence-electron chi connectivity index (χ0n) is 16.1. The second-order valence-corrected chi connectivity index (χ2v) is 7.27. The lowest BCUT2D eigenvalue weighted by Crippen LogP contribution is -2.48. The number of hydrogen-bond acceptors (Lipinski definition) is 2. The molecule has 0 radical (unpaired) electrons. The van der Waals surface area contributed by atoms with Crippen molar-refractivity contribution in [2.24, 2.45) is 11.5 Å². The summed E-state index contributed by atoms with van der Waals surface area (Å²) in [5, 5.41) is 0. The Morgan fingerprint density at radius 1 is 0.609 bits per heavy atom. The van der Waals surface area contributed by atoms with Gasteiger partial charge < -0.3 is 11.5 Å². The van der Waals surface area contributed by atoms with Crippen molar-refractivity contribution in [2.45, 2.75) is 122 Å². The van der Waals surface area contributed by atoms with Crippen molar-refractivity contribution in [3.63, 3.8) is 0 Å². The molecule has 0 aromatic heterocycles. The molecular weight excluding hydrogens is 280 g/mol. The van der Waals surface area contributed by atoms with Gasteiger partial charge in [0.05, 0.1) is 5.66 Å². The second-order valence-electron chi connectivity index (χ2n) is 7.27. The van der Waals surface area contributed by atoms with Crippen LogP contribution >= 0.6 is 0 Å². The topological polar surface area (TPSA) is 52.0 Å². The molecule has 0 fully saturated rings. The molecule has 0 aromatic rings. The minimum absolute atomic E-state index is 0.472. The number of hydrogen-bond donors (Lipinski definition) is 2. The zero-order chi connectivity index (χ0) is 17.2. The summed E-state index contributed by atoms with van der Waals surface area (Å²) in [6.45, 7) is 4.34. The van der Waals surface area contributed by atoms with Gasteiger partial charge in [0.2, 0.25) is 0 Å². The van der Waals surface area contributed by atoms with Crippen LogP contribution in [-0.2, 0) is 0 Å². The van der Waals surface area contributed by atoms with E-state index in [4.69, 9.17) is 11.5 Å². The Hall–Kier alpha value is -0.340. The average molecular weight is 325 g/mol. The summed E-state index contributed by atoms with van der Waals surface area (Å²) in [5.74, 6) is 0. The van der Waals surface area contributed by atoms with Crippen LogP contribution in [0.1, 0.15) is 117 Å². The minimum atomic E-state index is -0.472. The van der Waals surface area contributed by atoms with Gasteiger partial charge in [-0.25, -0.2) is 0 Å². The Morgan fingerprint density at radius 3 is 1.52 bits per heavy atom. The quantitative estimate of drug-likeness (QED) is 0.184. The molecule has 0 unspecified atom stereocenters. The molecular formula is C21H44N2. The van der Waals surface area contributed by atoms with Crippen LogP contribution < -0.4 is 11.5 Å². The van der Waals surface area contributed by atoms with Gasteiger partial charge in [-0.05, 0) is 32.1 Å². The molecule has 2 nitrogen and oxygen atoms in total. The Balaban J connectivity index is 3.16. The fraction of sp³-hybridized carbons (Fsp3) is 0.905. The third kappa shape index (κ3) is 17.8. The first kappa shape index (κ1) is 22.7. The van der Waals surface area contributed by atoms with Crippen molar-refractivity contribution < 1.29 is 0 Å². The standard InChI is InChI=1S/C21H44N2/c1-3-5-6-7-8-9-10-11-12-13-14-15-16-17-18-19-20-21(22,23)4-2/h17-18H,3-16,19-20,22-23H2,1-2H3. The first-order valence-corrected chi connectivity index (χ1v) is 10.3. The number of unbranched alkanes of at least 4 members (excludes halogenated alkanes) is 12. The van der Waals surface area contributed by atoms with Crippen LogP contribution in [-0.4, -0.2) is 5.66 Å². The lowest BCUT2D eigenvalue weighted by Gasteiger charge is -2.21. The Labute approximate surface area is 146 Å². The highest BCUT2D eigenvalue weighted by Crippen LogP contribution is 2.13. The van der Waals surface area contributed by atoms with Crippen molar-refractivity contribution in [3.05, 3.63) is 12.2 Å². The van der Waals surface area contributed by atoms with Gasteiger partial charge in [-0.1, -0.05) is 96.6 Å². The molecule has 0 atom stereocenters. The lowest BCUT2D eigenvalue weighted by atomic mass is 10.0. The summed E-state index contributed by atoms with van der Waals surface area (Å²) in [7, 11) is 0. The van der Waals surface area contributed by atoms with Gasteiger partial charge in [-0.2, -0.15) is 0 Å². The Kier molecular flexibility index (Phi) is 16.3. The van der Waals surface area contributed by atoms with Gasteiger partial charge in [-0.3, -0.25) is 0 Å². The predicted molar refractivity (Wildman–Crippen MR) is 105 cm³/mol. The molecule has 138 valence electrons. The van der Waals surface area contributed by atoms with Gasteiger partial charge in [0, 0.05) is 0 Å². The highest BCUT2D eigenvalue weighted by atomic mass is 14.9. The summed E-state index contributed by atoms with van der Waals surface area (Å²) in [6.07, 6.45) is 25.5. The number of nitrogens with two attached hydrogens (primary N) is 2. The molecule has 0 aliphatic carbocycles. The van der Waals surface area contributed by atoms with Crippen LogP contribution in [0.5, 0.6) is 0 Å². The summed E-state index contributed by atoms with van der Waals surface area (Å²) in [6, 6.07) is 0. The van der Waals surface area contributed by atoms with Crippen molar-refractivity contribution in [2.75, 3.05) is 0 Å². The summed E-state index contributed by atoms with van der Waals surface area (Å²) >= 11 is 0. The number of rotatable bonds is 17. The van der Waals surface area contributed by atoms with Crippen LogP contribution in [0.15, 0.2) is 12.2 Å². The van der Waals surface area contributed by atoms with Gasteiger partial charge in [-0.15, -0.1) is 0 Å². The molecule has 0 aliphatic heterocycles. The SMILES string of the molecule is CCCCCCCCCCCCCCC=CCCC(N)(N)CC. The molecule has 0 aliphatic rings. The molecule has 4 N–H and O–H groups in total. The van der Waals surface area contributed by atoms with Crippen molar-refractivity contribution in [1.29, 1.82) is 0 Å². The second kappa shape index (κ2) is 16.5. The average Bonchev–Trinajstić information content (AvgIpc) is 2.54. The molecule has 0 amide bonds. The predicted octanol–water partition coefficient (Wildman–Crippen LogP) is 6.44. The van der Waals surface area contributed by atoms with E-state index >= 15 is 0 Å². The maximum atomic E-state index is 5.92. The molecule has 0 spiro atoms. The molecule has 0 bridgehead atoms. The zero-order valence-corrected chi connectivity index (χ0v) is 16.1. The van der Waals surface area contributed by atoms with Crippen LogP contribution in [0.25, 0.3) is 0 Å². The molecule has 0 aromatic carbocycles. The molecule has 0 rings (SSSR count). The monoisotopic (exact) mass is 324 g/mol. The lowest BCUT2D eigenvalue weighted by molar-refractivity contribution is 0.398. The molecule has 0 saturated heterocycles. The largest absolute Gasteiger partial charge is 0.313 e. The third-order valence-corrected chi connectivity index (χ3v) is 4.83. The first-order valence-electron chi connectivity index (χ1n) is 10.3. The van der Waals surface area contributed by atoms with E-state index in [-0.39, 0.29) is 0 Å². The van der Waals surface area contributed by atoms with E-state index in [1.54, 1.807) is 0 Å². The number of allylic oxidation sites excluding steroid dienone is 2. The fourth-order valence-corrected chi connectivity index (χ4v) is 2.87. The molecule has 0 saturated carbocycles. The van der Waals surface area contributed by atoms with Crippen LogP contribution in [0.2, 0.25) is 0 Å². The van der Waals surface area contributed by atoms with Crippen molar-refractivity contribution in [3.8, 4) is 0 Å². The summed E-state index contributed by atoms with van der Waals surface area (Å²) in [4.78, 5) is 0. The maximum absolute atomic E-state index is 5.92. The first-order chi connectivity index (χ1) is 11.1. The van der Waals surface area contributed by atoms with E-state index in [2.05, 4.69) is 26.0 Å².